The maximum absolute atomic E-state index is 11.9. The molecule has 0 aromatic heterocycles. The van der Waals surface area contributed by atoms with E-state index in [0.29, 0.717) is 26.2 Å². The Morgan fingerprint density at radius 1 is 1.17 bits per heavy atom. The minimum atomic E-state index is -2.86. The summed E-state index contributed by atoms with van der Waals surface area (Å²) in [5.41, 5.74) is 6.67. The minimum absolute atomic E-state index is 0. The second-order valence-corrected chi connectivity index (χ2v) is 7.48. The molecular weight excluding hydrogens is 361 g/mol. The van der Waals surface area contributed by atoms with E-state index < -0.39 is 15.9 Å². The van der Waals surface area contributed by atoms with Gasteiger partial charge in [-0.05, 0) is 5.56 Å². The van der Waals surface area contributed by atoms with E-state index in [1.165, 1.54) is 0 Å². The molecule has 132 valence electrons. The first-order valence-corrected chi connectivity index (χ1v) is 8.81. The first-order chi connectivity index (χ1) is 9.98. The predicted molar refractivity (Wildman–Crippen MR) is 96.0 cm³/mol. The van der Waals surface area contributed by atoms with E-state index in [2.05, 4.69) is 5.32 Å². The Balaban J connectivity index is 0.00000242. The zero-order chi connectivity index (χ0) is 15.3. The molecule has 1 amide bonds. The maximum Gasteiger partial charge on any atom is 0.241 e. The molecule has 3 N–H and O–H groups in total. The molecule has 0 saturated carbocycles. The van der Waals surface area contributed by atoms with Gasteiger partial charge in [0.1, 0.15) is 6.04 Å². The molecule has 1 atom stereocenters. The van der Waals surface area contributed by atoms with Crippen molar-refractivity contribution in [1.82, 2.24) is 10.2 Å². The quantitative estimate of drug-likeness (QED) is 0.766. The van der Waals surface area contributed by atoms with Crippen molar-refractivity contribution >= 4 is 40.6 Å². The lowest BCUT2D eigenvalue weighted by Crippen LogP contribution is -2.45. The van der Waals surface area contributed by atoms with Gasteiger partial charge in [-0.25, -0.2) is 8.42 Å². The van der Waals surface area contributed by atoms with Gasteiger partial charge in [0.2, 0.25) is 5.91 Å². The van der Waals surface area contributed by atoms with Crippen LogP contribution in [0.5, 0.6) is 0 Å². The van der Waals surface area contributed by atoms with E-state index in [0.717, 1.165) is 5.56 Å². The Hall–Kier alpha value is -0.860. The first-order valence-electron chi connectivity index (χ1n) is 6.99. The average molecular weight is 384 g/mol. The third-order valence-electron chi connectivity index (χ3n) is 3.61. The Labute approximate surface area is 149 Å². The molecule has 0 aliphatic carbocycles. The smallest absolute Gasteiger partial charge is 0.241 e. The van der Waals surface area contributed by atoms with Crippen molar-refractivity contribution in [2.45, 2.75) is 6.04 Å². The van der Waals surface area contributed by atoms with Crippen molar-refractivity contribution < 1.29 is 13.2 Å². The monoisotopic (exact) mass is 383 g/mol. The number of amides is 1. The van der Waals surface area contributed by atoms with Crippen molar-refractivity contribution in [3.8, 4) is 0 Å². The van der Waals surface area contributed by atoms with E-state index in [4.69, 9.17) is 5.73 Å². The number of nitrogens with one attached hydrogen (secondary N) is 1. The number of nitrogens with two attached hydrogens (primary N) is 1. The van der Waals surface area contributed by atoms with E-state index in [9.17, 15) is 13.2 Å². The molecule has 23 heavy (non-hydrogen) atoms. The Morgan fingerprint density at radius 3 is 2.30 bits per heavy atom. The fourth-order valence-corrected chi connectivity index (χ4v) is 3.51. The second-order valence-electron chi connectivity index (χ2n) is 5.17. The molecule has 1 aliphatic rings. The number of sulfone groups is 1. The molecule has 1 aromatic rings. The number of hydrogen-bond acceptors (Lipinski definition) is 5. The van der Waals surface area contributed by atoms with Crippen LogP contribution in [0.3, 0.4) is 0 Å². The third-order valence-corrected chi connectivity index (χ3v) is 5.21. The van der Waals surface area contributed by atoms with Crippen molar-refractivity contribution in [2.75, 3.05) is 37.7 Å². The highest BCUT2D eigenvalue weighted by atomic mass is 35.5. The molecule has 1 heterocycles. The Kier molecular flexibility index (Phi) is 9.72. The maximum atomic E-state index is 11.9. The summed E-state index contributed by atoms with van der Waals surface area (Å²) in [6.07, 6.45) is 0. The minimum Gasteiger partial charge on any atom is -0.353 e. The lowest BCUT2D eigenvalue weighted by Gasteiger charge is -2.26. The van der Waals surface area contributed by atoms with Crippen LogP contribution in [0, 0.1) is 0 Å². The highest BCUT2D eigenvalue weighted by molar-refractivity contribution is 7.91. The summed E-state index contributed by atoms with van der Waals surface area (Å²) in [5, 5.41) is 2.79. The lowest BCUT2D eigenvalue weighted by molar-refractivity contribution is -0.122. The van der Waals surface area contributed by atoms with Crippen LogP contribution in [0.1, 0.15) is 11.6 Å². The first kappa shape index (κ1) is 22.1. The molecule has 1 saturated heterocycles. The van der Waals surface area contributed by atoms with Gasteiger partial charge in [0.05, 0.1) is 11.5 Å². The number of nitrogens with zero attached hydrogens (tertiary/aromatic N) is 1. The molecule has 0 spiro atoms. The zero-order valence-corrected chi connectivity index (χ0v) is 15.1. The second kappa shape index (κ2) is 10.1. The van der Waals surface area contributed by atoms with Crippen molar-refractivity contribution in [2.24, 2.45) is 5.73 Å². The fraction of sp³-hybridized carbons (Fsp3) is 0.500. The Bertz CT molecular complexity index is 570. The molecule has 0 bridgehead atoms. The molecule has 1 fully saturated rings. The fourth-order valence-electron chi connectivity index (χ4n) is 2.23. The van der Waals surface area contributed by atoms with Gasteiger partial charge in [0.25, 0.3) is 0 Å². The van der Waals surface area contributed by atoms with Gasteiger partial charge in [-0.15, -0.1) is 24.8 Å². The number of rotatable bonds is 5. The van der Waals surface area contributed by atoms with Crippen LogP contribution in [0.15, 0.2) is 30.3 Å². The van der Waals surface area contributed by atoms with Crippen LogP contribution in [-0.2, 0) is 14.6 Å². The van der Waals surface area contributed by atoms with E-state index in [1.54, 1.807) is 0 Å². The predicted octanol–water partition coefficient (Wildman–Crippen LogP) is 0.377. The molecule has 6 nitrogen and oxygen atoms in total. The summed E-state index contributed by atoms with van der Waals surface area (Å²) < 4.78 is 22.6. The van der Waals surface area contributed by atoms with Gasteiger partial charge < -0.3 is 11.1 Å². The normalized spacial score (nSPS) is 18.1. The van der Waals surface area contributed by atoms with Crippen LogP contribution in [0.4, 0.5) is 0 Å². The van der Waals surface area contributed by atoms with Crippen molar-refractivity contribution in [1.29, 1.82) is 0 Å². The topological polar surface area (TPSA) is 92.5 Å². The molecule has 2 rings (SSSR count). The van der Waals surface area contributed by atoms with E-state index in [-0.39, 0.29) is 42.2 Å². The van der Waals surface area contributed by atoms with Gasteiger partial charge in [0, 0.05) is 26.2 Å². The summed E-state index contributed by atoms with van der Waals surface area (Å²) >= 11 is 0. The van der Waals surface area contributed by atoms with Gasteiger partial charge in [-0.3, -0.25) is 9.69 Å². The SMILES string of the molecule is Cl.Cl.NC(C(=O)NCCN1CCS(=O)(=O)CC1)c1ccccc1. The van der Waals surface area contributed by atoms with Gasteiger partial charge in [-0.2, -0.15) is 0 Å². The highest BCUT2D eigenvalue weighted by Gasteiger charge is 2.21. The van der Waals surface area contributed by atoms with Crippen LogP contribution >= 0.6 is 24.8 Å². The molecule has 1 aromatic carbocycles. The van der Waals surface area contributed by atoms with Gasteiger partial charge in [-0.1, -0.05) is 30.3 Å². The Morgan fingerprint density at radius 2 is 1.74 bits per heavy atom. The molecule has 1 aliphatic heterocycles. The van der Waals surface area contributed by atoms with Crippen LogP contribution in [0.2, 0.25) is 0 Å². The highest BCUT2D eigenvalue weighted by Crippen LogP contribution is 2.09. The number of carbonyl (C=O) groups excluding carboxylic acids is 1. The van der Waals surface area contributed by atoms with Crippen molar-refractivity contribution in [3.63, 3.8) is 0 Å². The van der Waals surface area contributed by atoms with Gasteiger partial charge >= 0.3 is 0 Å². The van der Waals surface area contributed by atoms with Crippen LogP contribution in [0.25, 0.3) is 0 Å². The number of carbonyl (C=O) groups is 1. The summed E-state index contributed by atoms with van der Waals surface area (Å²) in [7, 11) is -2.86. The molecule has 0 radical (unpaired) electrons. The number of hydrogen-bond donors (Lipinski definition) is 2. The van der Waals surface area contributed by atoms with Crippen LogP contribution in [-0.4, -0.2) is 56.9 Å². The number of benzene rings is 1. The van der Waals surface area contributed by atoms with E-state index in [1.807, 2.05) is 35.2 Å². The summed E-state index contributed by atoms with van der Waals surface area (Å²) in [5.74, 6) is 0.181. The van der Waals surface area contributed by atoms with Gasteiger partial charge in [0.15, 0.2) is 9.84 Å². The van der Waals surface area contributed by atoms with E-state index >= 15 is 0 Å². The summed E-state index contributed by atoms with van der Waals surface area (Å²) in [6.45, 7) is 2.17. The molecule has 9 heteroatoms. The number of halogens is 2. The standard InChI is InChI=1S/C14H21N3O3S.2ClH/c15-13(12-4-2-1-3-5-12)14(18)16-6-7-17-8-10-21(19,20)11-9-17;;/h1-5,13H,6-11,15H2,(H,16,18);2*1H. The third kappa shape index (κ3) is 7.05. The summed E-state index contributed by atoms with van der Waals surface area (Å²) in [6, 6.07) is 8.53. The van der Waals surface area contributed by atoms with Crippen molar-refractivity contribution in [3.05, 3.63) is 35.9 Å². The van der Waals surface area contributed by atoms with Crippen LogP contribution < -0.4 is 11.1 Å². The largest absolute Gasteiger partial charge is 0.353 e. The molecular formula is C14H23Cl2N3O3S. The lowest BCUT2D eigenvalue weighted by atomic mass is 10.1. The molecule has 1 unspecified atom stereocenters. The summed E-state index contributed by atoms with van der Waals surface area (Å²) in [4.78, 5) is 14.0. The zero-order valence-electron chi connectivity index (χ0n) is 12.7. The average Bonchev–Trinajstić information content (AvgIpc) is 2.49.